The average molecular weight is 446 g/mol. The summed E-state index contributed by atoms with van der Waals surface area (Å²) in [5.41, 5.74) is 6.10. The Morgan fingerprint density at radius 2 is 2.03 bits per heavy atom. The third kappa shape index (κ3) is 4.53. The molecule has 0 aliphatic carbocycles. The zero-order valence-electron chi connectivity index (χ0n) is 18.7. The highest BCUT2D eigenvalue weighted by molar-refractivity contribution is 6.00. The van der Waals surface area contributed by atoms with Gasteiger partial charge in [-0.2, -0.15) is 5.10 Å². The molecule has 4 heterocycles. The number of ether oxygens (including phenoxy) is 1. The van der Waals surface area contributed by atoms with Gasteiger partial charge in [0.1, 0.15) is 5.65 Å². The van der Waals surface area contributed by atoms with E-state index in [0.29, 0.717) is 30.7 Å². The number of aryl methyl sites for hydroxylation is 2. The molecule has 1 aromatic carbocycles. The molecule has 3 aromatic heterocycles. The zero-order chi connectivity index (χ0) is 22.9. The van der Waals surface area contributed by atoms with Crippen molar-refractivity contribution >= 4 is 11.6 Å². The van der Waals surface area contributed by atoms with Crippen molar-refractivity contribution in [1.29, 1.82) is 0 Å². The number of carbonyl (C=O) groups is 1. The van der Waals surface area contributed by atoms with Crippen LogP contribution in [0.1, 0.15) is 33.6 Å². The van der Waals surface area contributed by atoms with Gasteiger partial charge in [-0.05, 0) is 43.0 Å². The first-order chi connectivity index (χ1) is 16.0. The van der Waals surface area contributed by atoms with Gasteiger partial charge in [-0.3, -0.25) is 9.48 Å². The number of aliphatic hydroxyl groups is 1. The van der Waals surface area contributed by atoms with E-state index >= 15 is 0 Å². The largest absolute Gasteiger partial charge is 0.389 e. The molecule has 5 rings (SSSR count). The Bertz CT molecular complexity index is 1290. The SMILES string of the molecule is Cc1cn2cc(Cc3ccc(-c4ccn(C)n4)cc3)cc(C(=O)N[C@H]3CCOC[C@@H]3O)c2n1. The third-order valence-electron chi connectivity index (χ3n) is 5.99. The van der Waals surface area contributed by atoms with Crippen molar-refractivity contribution in [2.75, 3.05) is 13.2 Å². The second kappa shape index (κ2) is 8.80. The molecule has 1 amide bonds. The first-order valence-electron chi connectivity index (χ1n) is 11.1. The van der Waals surface area contributed by atoms with Crippen molar-refractivity contribution in [1.82, 2.24) is 24.5 Å². The molecule has 1 saturated heterocycles. The summed E-state index contributed by atoms with van der Waals surface area (Å²) in [6, 6.07) is 11.9. The summed E-state index contributed by atoms with van der Waals surface area (Å²) in [7, 11) is 1.91. The molecule has 0 spiro atoms. The van der Waals surface area contributed by atoms with Gasteiger partial charge in [0.25, 0.3) is 5.91 Å². The molecule has 0 unspecified atom stereocenters. The first kappa shape index (κ1) is 21.4. The minimum Gasteiger partial charge on any atom is -0.389 e. The molecule has 170 valence electrons. The fraction of sp³-hybridized carbons (Fsp3) is 0.320. The normalized spacial score (nSPS) is 18.5. The summed E-state index contributed by atoms with van der Waals surface area (Å²) in [6.07, 6.45) is 6.42. The van der Waals surface area contributed by atoms with Crippen molar-refractivity contribution in [2.24, 2.45) is 7.05 Å². The Morgan fingerprint density at radius 1 is 1.21 bits per heavy atom. The Morgan fingerprint density at radius 3 is 2.76 bits per heavy atom. The maximum absolute atomic E-state index is 13.2. The van der Waals surface area contributed by atoms with Crippen LogP contribution in [0, 0.1) is 6.92 Å². The van der Waals surface area contributed by atoms with Gasteiger partial charge >= 0.3 is 0 Å². The van der Waals surface area contributed by atoms with E-state index in [-0.39, 0.29) is 18.6 Å². The number of nitrogens with one attached hydrogen (secondary N) is 1. The van der Waals surface area contributed by atoms with Gasteiger partial charge in [0.05, 0.1) is 35.7 Å². The van der Waals surface area contributed by atoms with E-state index in [1.807, 2.05) is 49.1 Å². The lowest BCUT2D eigenvalue weighted by molar-refractivity contribution is -0.0260. The van der Waals surface area contributed by atoms with Gasteiger partial charge in [0, 0.05) is 37.8 Å². The predicted octanol–water partition coefficient (Wildman–Crippen LogP) is 2.51. The van der Waals surface area contributed by atoms with Crippen molar-refractivity contribution in [3.05, 3.63) is 77.4 Å². The van der Waals surface area contributed by atoms with Gasteiger partial charge < -0.3 is 19.6 Å². The third-order valence-corrected chi connectivity index (χ3v) is 5.99. The number of aromatic nitrogens is 4. The topological polar surface area (TPSA) is 93.7 Å². The predicted molar refractivity (Wildman–Crippen MR) is 124 cm³/mol. The fourth-order valence-corrected chi connectivity index (χ4v) is 4.28. The summed E-state index contributed by atoms with van der Waals surface area (Å²) in [5.74, 6) is -0.233. The van der Waals surface area contributed by atoms with E-state index in [9.17, 15) is 9.90 Å². The molecule has 0 radical (unpaired) electrons. The van der Waals surface area contributed by atoms with E-state index in [1.54, 1.807) is 4.68 Å². The maximum atomic E-state index is 13.2. The van der Waals surface area contributed by atoms with Crippen LogP contribution in [0.3, 0.4) is 0 Å². The lowest BCUT2D eigenvalue weighted by atomic mass is 10.0. The molecule has 0 saturated carbocycles. The fourth-order valence-electron chi connectivity index (χ4n) is 4.28. The number of nitrogens with zero attached hydrogens (tertiary/aromatic N) is 4. The Labute approximate surface area is 191 Å². The van der Waals surface area contributed by atoms with Gasteiger partial charge in [0.2, 0.25) is 0 Å². The number of hydrogen-bond donors (Lipinski definition) is 2. The van der Waals surface area contributed by atoms with E-state index in [0.717, 1.165) is 28.1 Å². The van der Waals surface area contributed by atoms with Crippen LogP contribution in [0.2, 0.25) is 0 Å². The van der Waals surface area contributed by atoms with Crippen LogP contribution >= 0.6 is 0 Å². The van der Waals surface area contributed by atoms with E-state index in [4.69, 9.17) is 4.74 Å². The molecule has 1 fully saturated rings. The van der Waals surface area contributed by atoms with Crippen molar-refractivity contribution in [3.63, 3.8) is 0 Å². The molecular weight excluding hydrogens is 418 g/mol. The number of benzene rings is 1. The van der Waals surface area contributed by atoms with Crippen LogP contribution in [-0.2, 0) is 18.2 Å². The summed E-state index contributed by atoms with van der Waals surface area (Å²) < 4.78 is 8.97. The molecule has 1 aliphatic rings. The number of fused-ring (bicyclic) bond motifs is 1. The quantitative estimate of drug-likeness (QED) is 0.492. The van der Waals surface area contributed by atoms with Crippen molar-refractivity contribution in [3.8, 4) is 11.3 Å². The number of imidazole rings is 1. The number of rotatable bonds is 5. The molecule has 8 heteroatoms. The summed E-state index contributed by atoms with van der Waals surface area (Å²) >= 11 is 0. The van der Waals surface area contributed by atoms with Crippen LogP contribution in [0.25, 0.3) is 16.9 Å². The Balaban J connectivity index is 1.41. The number of pyridine rings is 1. The molecule has 33 heavy (non-hydrogen) atoms. The maximum Gasteiger partial charge on any atom is 0.255 e. The van der Waals surface area contributed by atoms with Gasteiger partial charge in [-0.15, -0.1) is 0 Å². The van der Waals surface area contributed by atoms with Crippen LogP contribution in [0.15, 0.2) is 55.0 Å². The number of aliphatic hydroxyl groups excluding tert-OH is 1. The number of amides is 1. The minimum atomic E-state index is -0.707. The van der Waals surface area contributed by atoms with Crippen LogP contribution in [0.4, 0.5) is 0 Å². The smallest absolute Gasteiger partial charge is 0.255 e. The molecule has 4 aromatic rings. The van der Waals surface area contributed by atoms with Gasteiger partial charge in [-0.1, -0.05) is 24.3 Å². The lowest BCUT2D eigenvalue weighted by Gasteiger charge is -2.28. The van der Waals surface area contributed by atoms with Gasteiger partial charge in [0.15, 0.2) is 0 Å². The number of hydrogen-bond acceptors (Lipinski definition) is 5. The van der Waals surface area contributed by atoms with Gasteiger partial charge in [-0.25, -0.2) is 4.98 Å². The summed E-state index contributed by atoms with van der Waals surface area (Å²) in [5, 5.41) is 17.6. The standard InChI is InChI=1S/C25H27N5O3/c1-16-13-30-14-18(11-17-3-5-19(6-4-17)21-7-9-29(2)28-21)12-20(24(30)26-16)25(32)27-22-8-10-33-15-23(22)31/h3-7,9,12-14,22-23,31H,8,10-11,15H2,1-2H3,(H,27,32)/t22-,23-/m0/s1. The average Bonchev–Trinajstić information content (AvgIpc) is 3.40. The second-order valence-electron chi connectivity index (χ2n) is 8.63. The van der Waals surface area contributed by atoms with E-state index in [2.05, 4.69) is 39.7 Å². The minimum absolute atomic E-state index is 0.233. The highest BCUT2D eigenvalue weighted by Crippen LogP contribution is 2.21. The summed E-state index contributed by atoms with van der Waals surface area (Å²) in [4.78, 5) is 17.7. The highest BCUT2D eigenvalue weighted by Gasteiger charge is 2.26. The molecule has 1 aliphatic heterocycles. The highest BCUT2D eigenvalue weighted by atomic mass is 16.5. The molecular formula is C25H27N5O3. The lowest BCUT2D eigenvalue weighted by Crippen LogP contribution is -2.48. The van der Waals surface area contributed by atoms with Crippen LogP contribution < -0.4 is 5.32 Å². The zero-order valence-corrected chi connectivity index (χ0v) is 18.7. The van der Waals surface area contributed by atoms with E-state index in [1.165, 1.54) is 0 Å². The summed E-state index contributed by atoms with van der Waals surface area (Å²) in [6.45, 7) is 2.67. The Kier molecular flexibility index (Phi) is 5.70. The Hall–Kier alpha value is -3.49. The number of carbonyl (C=O) groups excluding carboxylic acids is 1. The van der Waals surface area contributed by atoms with Crippen molar-refractivity contribution in [2.45, 2.75) is 31.9 Å². The monoisotopic (exact) mass is 445 g/mol. The molecule has 2 atom stereocenters. The molecule has 8 nitrogen and oxygen atoms in total. The van der Waals surface area contributed by atoms with Crippen LogP contribution in [-0.4, -0.2) is 55.5 Å². The molecule has 0 bridgehead atoms. The van der Waals surface area contributed by atoms with Crippen molar-refractivity contribution < 1.29 is 14.6 Å². The van der Waals surface area contributed by atoms with E-state index < -0.39 is 6.10 Å². The second-order valence-corrected chi connectivity index (χ2v) is 8.63. The molecule has 2 N–H and O–H groups in total. The van der Waals surface area contributed by atoms with Crippen LogP contribution in [0.5, 0.6) is 0 Å². The first-order valence-corrected chi connectivity index (χ1v) is 11.1.